The molecular formula is C27H28Cl2N4O3. The van der Waals surface area contributed by atoms with Gasteiger partial charge in [-0.15, -0.1) is 0 Å². The van der Waals surface area contributed by atoms with Gasteiger partial charge in [0.25, 0.3) is 0 Å². The molecule has 7 nitrogen and oxygen atoms in total. The summed E-state index contributed by atoms with van der Waals surface area (Å²) in [6.07, 6.45) is 7.81. The molecule has 3 aromatic rings. The van der Waals surface area contributed by atoms with Gasteiger partial charge in [0.2, 0.25) is 0 Å². The van der Waals surface area contributed by atoms with Crippen molar-refractivity contribution in [3.8, 4) is 17.6 Å². The van der Waals surface area contributed by atoms with Crippen molar-refractivity contribution < 1.29 is 14.2 Å². The highest BCUT2D eigenvalue weighted by Crippen LogP contribution is 2.39. The van der Waals surface area contributed by atoms with E-state index in [0.29, 0.717) is 38.5 Å². The molecule has 0 radical (unpaired) electrons. The molecule has 1 aliphatic heterocycles. The van der Waals surface area contributed by atoms with Crippen LogP contribution in [0.1, 0.15) is 24.0 Å². The Morgan fingerprint density at radius 3 is 2.61 bits per heavy atom. The lowest BCUT2D eigenvalue weighted by Gasteiger charge is -2.26. The number of fused-ring (bicyclic) bond motifs is 1. The van der Waals surface area contributed by atoms with Gasteiger partial charge in [-0.2, -0.15) is 5.26 Å². The lowest BCUT2D eigenvalue weighted by atomic mass is 10.0. The van der Waals surface area contributed by atoms with E-state index < -0.39 is 0 Å². The Morgan fingerprint density at radius 2 is 1.89 bits per heavy atom. The van der Waals surface area contributed by atoms with Gasteiger partial charge in [0.1, 0.15) is 17.6 Å². The summed E-state index contributed by atoms with van der Waals surface area (Å²) in [6.45, 7) is 4.71. The summed E-state index contributed by atoms with van der Waals surface area (Å²) in [4.78, 5) is 6.95. The summed E-state index contributed by atoms with van der Waals surface area (Å²) in [5.41, 5.74) is 3.16. The van der Waals surface area contributed by atoms with E-state index in [1.807, 2.05) is 12.1 Å². The van der Waals surface area contributed by atoms with Crippen LogP contribution < -0.4 is 14.8 Å². The number of pyridine rings is 1. The molecule has 0 saturated carbocycles. The van der Waals surface area contributed by atoms with Crippen molar-refractivity contribution in [3.05, 3.63) is 57.7 Å². The van der Waals surface area contributed by atoms with Crippen molar-refractivity contribution in [1.29, 1.82) is 5.26 Å². The zero-order chi connectivity index (χ0) is 25.5. The summed E-state index contributed by atoms with van der Waals surface area (Å²) in [5, 5.41) is 14.6. The fraction of sp³-hybridized carbons (Fsp3) is 0.333. The normalized spacial score (nSPS) is 14.2. The second-order valence-electron chi connectivity index (χ2n) is 8.36. The molecule has 1 aliphatic rings. The van der Waals surface area contributed by atoms with Gasteiger partial charge in [0.15, 0.2) is 0 Å². The molecular weight excluding hydrogens is 499 g/mol. The van der Waals surface area contributed by atoms with E-state index >= 15 is 0 Å². The number of hydrogen-bond acceptors (Lipinski definition) is 7. The van der Waals surface area contributed by atoms with Gasteiger partial charge in [-0.3, -0.25) is 9.88 Å². The predicted octanol–water partition coefficient (Wildman–Crippen LogP) is 6.30. The van der Waals surface area contributed by atoms with Crippen molar-refractivity contribution in [2.45, 2.75) is 12.8 Å². The van der Waals surface area contributed by atoms with Crippen molar-refractivity contribution >= 4 is 51.6 Å². The molecule has 188 valence electrons. The van der Waals surface area contributed by atoms with E-state index in [2.05, 4.69) is 33.4 Å². The van der Waals surface area contributed by atoms with Crippen molar-refractivity contribution in [2.75, 3.05) is 52.4 Å². The highest BCUT2D eigenvalue weighted by Gasteiger charge is 2.16. The second kappa shape index (κ2) is 12.3. The van der Waals surface area contributed by atoms with Crippen molar-refractivity contribution in [3.63, 3.8) is 0 Å². The molecule has 0 spiro atoms. The number of nitriles is 1. The number of ether oxygens (including phenoxy) is 3. The first-order chi connectivity index (χ1) is 17.5. The lowest BCUT2D eigenvalue weighted by Crippen LogP contribution is -2.36. The van der Waals surface area contributed by atoms with E-state index in [1.54, 1.807) is 25.4 Å². The van der Waals surface area contributed by atoms with E-state index in [9.17, 15) is 5.26 Å². The number of nitrogens with one attached hydrogen (secondary N) is 1. The van der Waals surface area contributed by atoms with Crippen LogP contribution in [0.15, 0.2) is 36.5 Å². The summed E-state index contributed by atoms with van der Waals surface area (Å²) in [7, 11) is 3.16. The molecule has 1 fully saturated rings. The minimum absolute atomic E-state index is 0.376. The topological polar surface area (TPSA) is 79.6 Å². The van der Waals surface area contributed by atoms with Crippen LogP contribution >= 0.6 is 23.2 Å². The monoisotopic (exact) mass is 526 g/mol. The Morgan fingerprint density at radius 1 is 1.11 bits per heavy atom. The van der Waals surface area contributed by atoms with Gasteiger partial charge in [-0.25, -0.2) is 0 Å². The molecule has 0 atom stereocenters. The van der Waals surface area contributed by atoms with Crippen LogP contribution in [0.5, 0.6) is 11.5 Å². The van der Waals surface area contributed by atoms with Crippen LogP contribution in [0.2, 0.25) is 10.0 Å². The van der Waals surface area contributed by atoms with Crippen LogP contribution in [0.4, 0.5) is 11.4 Å². The van der Waals surface area contributed by atoms with Gasteiger partial charge in [0, 0.05) is 36.3 Å². The Labute approximate surface area is 221 Å². The van der Waals surface area contributed by atoms with Crippen LogP contribution in [-0.4, -0.2) is 57.0 Å². The first-order valence-electron chi connectivity index (χ1n) is 11.7. The zero-order valence-electron chi connectivity index (χ0n) is 20.3. The number of halogens is 2. The zero-order valence-corrected chi connectivity index (χ0v) is 21.8. The SMILES string of the molecule is COc1cc(Nc2c(C#N)cnc3cc(C=CCCCN4CCOCC4)c(OC)cc23)c(Cl)cc1Cl. The van der Waals surface area contributed by atoms with Crippen LogP contribution in [0.25, 0.3) is 17.0 Å². The van der Waals surface area contributed by atoms with Crippen LogP contribution in [-0.2, 0) is 4.74 Å². The third kappa shape index (κ3) is 6.03. The number of anilines is 2. The molecule has 1 saturated heterocycles. The molecule has 9 heteroatoms. The van der Waals surface area contributed by atoms with E-state index in [4.69, 9.17) is 37.4 Å². The quantitative estimate of drug-likeness (QED) is 0.327. The van der Waals surface area contributed by atoms with Gasteiger partial charge < -0.3 is 19.5 Å². The number of aromatic nitrogens is 1. The lowest BCUT2D eigenvalue weighted by molar-refractivity contribution is 0.0375. The third-order valence-corrected chi connectivity index (χ3v) is 6.70. The summed E-state index contributed by atoms with van der Waals surface area (Å²) in [6, 6.07) is 9.35. The highest BCUT2D eigenvalue weighted by atomic mass is 35.5. The summed E-state index contributed by atoms with van der Waals surface area (Å²) >= 11 is 12.6. The van der Waals surface area contributed by atoms with Crippen LogP contribution in [0.3, 0.4) is 0 Å². The molecule has 2 aromatic carbocycles. The average Bonchev–Trinajstić information content (AvgIpc) is 2.90. The number of allylic oxidation sites excluding steroid dienone is 1. The second-order valence-corrected chi connectivity index (χ2v) is 9.17. The maximum Gasteiger partial charge on any atom is 0.139 e. The molecule has 0 amide bonds. The molecule has 1 aromatic heterocycles. The van der Waals surface area contributed by atoms with Crippen molar-refractivity contribution in [1.82, 2.24) is 9.88 Å². The minimum atomic E-state index is 0.376. The van der Waals surface area contributed by atoms with Gasteiger partial charge in [-0.1, -0.05) is 35.4 Å². The summed E-state index contributed by atoms with van der Waals surface area (Å²) < 4.78 is 16.4. The van der Waals surface area contributed by atoms with E-state index in [0.717, 1.165) is 62.2 Å². The number of nitrogens with zero attached hydrogens (tertiary/aromatic N) is 3. The largest absolute Gasteiger partial charge is 0.496 e. The van der Waals surface area contributed by atoms with Gasteiger partial charge >= 0.3 is 0 Å². The van der Waals surface area contributed by atoms with E-state index in [-0.39, 0.29) is 0 Å². The first kappa shape index (κ1) is 26.1. The average molecular weight is 527 g/mol. The molecule has 36 heavy (non-hydrogen) atoms. The number of benzene rings is 2. The smallest absolute Gasteiger partial charge is 0.139 e. The fourth-order valence-electron chi connectivity index (χ4n) is 4.15. The number of unbranched alkanes of at least 4 members (excludes halogenated alkanes) is 1. The molecule has 4 rings (SSSR count). The number of rotatable bonds is 9. The Kier molecular flexibility index (Phi) is 8.89. The summed E-state index contributed by atoms with van der Waals surface area (Å²) in [5.74, 6) is 1.16. The molecule has 1 N–H and O–H groups in total. The maximum atomic E-state index is 9.75. The Balaban J connectivity index is 1.60. The number of methoxy groups -OCH3 is 2. The minimum Gasteiger partial charge on any atom is -0.496 e. The van der Waals surface area contributed by atoms with Crippen LogP contribution in [0, 0.1) is 11.3 Å². The molecule has 2 heterocycles. The predicted molar refractivity (Wildman–Crippen MR) is 145 cm³/mol. The maximum absolute atomic E-state index is 9.75. The highest BCUT2D eigenvalue weighted by molar-refractivity contribution is 6.37. The first-order valence-corrected chi connectivity index (χ1v) is 12.5. The molecule has 0 bridgehead atoms. The number of hydrogen-bond donors (Lipinski definition) is 1. The molecule has 0 unspecified atom stereocenters. The van der Waals surface area contributed by atoms with Crippen molar-refractivity contribution in [2.24, 2.45) is 0 Å². The Hall–Kier alpha value is -3.02. The van der Waals surface area contributed by atoms with E-state index in [1.165, 1.54) is 7.11 Å². The van der Waals surface area contributed by atoms with Gasteiger partial charge in [0.05, 0.1) is 59.9 Å². The third-order valence-electron chi connectivity index (χ3n) is 6.09. The molecule has 0 aliphatic carbocycles. The standard InChI is InChI=1S/C27H28Cl2N4O3/c1-34-25-13-20-23(12-18(25)6-4-3-5-7-33-8-10-36-11-9-33)31-17-19(16-30)27(20)32-24-15-26(35-2)22(29)14-21(24)28/h4,6,12-15,17H,3,5,7-11H2,1-2H3,(H,31,32). The van der Waals surface area contributed by atoms with Gasteiger partial charge in [-0.05, 0) is 37.6 Å². The number of morpholine rings is 1. The Bertz CT molecular complexity index is 1300. The fourth-order valence-corrected chi connectivity index (χ4v) is 4.65.